The fraction of sp³-hybridized carbons (Fsp3) is 0. The average molecular weight is 576 g/mol. The summed E-state index contributed by atoms with van der Waals surface area (Å²) in [7, 11) is 0. The molecule has 9 aromatic carbocycles. The summed E-state index contributed by atoms with van der Waals surface area (Å²) < 4.78 is 48.2. The molecule has 0 amide bonds. The smallest absolute Gasteiger partial charge is 0.135 e. The molecule has 0 radical (unpaired) electrons. The summed E-state index contributed by atoms with van der Waals surface area (Å²) in [6, 6.07) is 42.8. The van der Waals surface area contributed by atoms with Crippen LogP contribution >= 0.6 is 0 Å². The molecular formula is C44H26O. The molecule has 0 aromatic heterocycles. The van der Waals surface area contributed by atoms with Crippen LogP contribution in [0.25, 0.3) is 87.6 Å². The lowest BCUT2D eigenvalue weighted by Crippen LogP contribution is -1.98. The van der Waals surface area contributed by atoms with Crippen molar-refractivity contribution in [2.45, 2.75) is 0 Å². The quantitative estimate of drug-likeness (QED) is 0.190. The Balaban J connectivity index is 1.22. The lowest BCUT2D eigenvalue weighted by molar-refractivity contribution is 0.487. The molecule has 0 N–H and O–H groups in total. The van der Waals surface area contributed by atoms with E-state index in [-0.39, 0.29) is 29.7 Å². The maximum absolute atomic E-state index is 8.62. The van der Waals surface area contributed by atoms with E-state index < -0.39 is 6.04 Å². The maximum atomic E-state index is 8.62. The molecule has 0 aliphatic carbocycles. The van der Waals surface area contributed by atoms with Gasteiger partial charge in [0.2, 0.25) is 0 Å². The topological polar surface area (TPSA) is 9.23 Å². The van der Waals surface area contributed by atoms with Gasteiger partial charge in [0.1, 0.15) is 11.5 Å². The summed E-state index contributed by atoms with van der Waals surface area (Å²) in [6.45, 7) is 0. The van der Waals surface area contributed by atoms with Crippen molar-refractivity contribution >= 4 is 43.1 Å². The fourth-order valence-electron chi connectivity index (χ4n) is 7.27. The molecule has 0 atom stereocenters. The number of fused-ring (bicyclic) bond motifs is 2. The van der Waals surface area contributed by atoms with Gasteiger partial charge in [-0.2, -0.15) is 0 Å². The zero-order valence-corrected chi connectivity index (χ0v) is 24.0. The molecule has 0 saturated carbocycles. The van der Waals surface area contributed by atoms with Crippen LogP contribution in [0.1, 0.15) is 6.85 Å². The van der Waals surface area contributed by atoms with E-state index in [1.165, 1.54) is 43.4 Å². The van der Waals surface area contributed by atoms with E-state index >= 15 is 0 Å². The highest BCUT2D eigenvalue weighted by atomic mass is 16.5. The summed E-state index contributed by atoms with van der Waals surface area (Å²) in [5.41, 5.74) is 7.09. The number of hydrogen-bond donors (Lipinski definition) is 0. The van der Waals surface area contributed by atoms with E-state index in [1.54, 1.807) is 6.07 Å². The van der Waals surface area contributed by atoms with Gasteiger partial charge in [-0.25, -0.2) is 0 Å². The normalized spacial score (nSPS) is 13.7. The summed E-state index contributed by atoms with van der Waals surface area (Å²) in [5, 5.41) is 9.32. The summed E-state index contributed by atoms with van der Waals surface area (Å²) >= 11 is 0. The van der Waals surface area contributed by atoms with Gasteiger partial charge >= 0.3 is 0 Å². The van der Waals surface area contributed by atoms with Gasteiger partial charge in [-0.05, 0) is 107 Å². The summed E-state index contributed by atoms with van der Waals surface area (Å²) in [4.78, 5) is 0. The van der Waals surface area contributed by atoms with Crippen molar-refractivity contribution in [2.75, 3.05) is 0 Å². The Morgan fingerprint density at radius 1 is 0.378 bits per heavy atom. The van der Waals surface area contributed by atoms with Crippen LogP contribution < -0.4 is 4.74 Å². The molecule has 208 valence electrons. The summed E-state index contributed by atoms with van der Waals surface area (Å²) in [5.74, 6) is 1.41. The van der Waals surface area contributed by atoms with Gasteiger partial charge in [-0.3, -0.25) is 0 Å². The van der Waals surface area contributed by atoms with Crippen LogP contribution in [-0.4, -0.2) is 0 Å². The predicted molar refractivity (Wildman–Crippen MR) is 189 cm³/mol. The van der Waals surface area contributed by atoms with Crippen molar-refractivity contribution < 1.29 is 11.6 Å². The monoisotopic (exact) mass is 575 g/mol. The van der Waals surface area contributed by atoms with Gasteiger partial charge in [0.15, 0.2) is 0 Å². The first-order valence-electron chi connectivity index (χ1n) is 17.6. The maximum Gasteiger partial charge on any atom is 0.135 e. The van der Waals surface area contributed by atoms with Gasteiger partial charge in [0.05, 0.1) is 6.85 Å². The van der Waals surface area contributed by atoms with Crippen molar-refractivity contribution in [1.82, 2.24) is 0 Å². The van der Waals surface area contributed by atoms with E-state index in [2.05, 4.69) is 91.0 Å². The molecule has 1 heterocycles. The van der Waals surface area contributed by atoms with Gasteiger partial charge < -0.3 is 4.74 Å². The van der Waals surface area contributed by atoms with Gasteiger partial charge in [0.25, 0.3) is 0 Å². The Morgan fingerprint density at radius 2 is 1.07 bits per heavy atom. The van der Waals surface area contributed by atoms with Crippen molar-refractivity contribution in [3.63, 3.8) is 0 Å². The Morgan fingerprint density at radius 3 is 1.82 bits per heavy atom. The molecular weight excluding hydrogens is 544 g/mol. The van der Waals surface area contributed by atoms with E-state index in [0.717, 1.165) is 38.8 Å². The van der Waals surface area contributed by atoms with Crippen LogP contribution in [0.15, 0.2) is 158 Å². The molecule has 1 heteroatoms. The number of rotatable bonds is 3. The highest BCUT2D eigenvalue weighted by Gasteiger charge is 2.23. The second-order valence-electron chi connectivity index (χ2n) is 11.7. The van der Waals surface area contributed by atoms with Crippen molar-refractivity contribution in [1.29, 1.82) is 0 Å². The van der Waals surface area contributed by atoms with E-state index in [0.29, 0.717) is 11.3 Å². The Bertz CT molecular complexity index is 2870. The van der Waals surface area contributed by atoms with Crippen LogP contribution in [0.2, 0.25) is 0 Å². The lowest BCUT2D eigenvalue weighted by atomic mass is 9.85. The van der Waals surface area contributed by atoms with Crippen LogP contribution in [-0.2, 0) is 0 Å². The number of ether oxygens (including phenoxy) is 1. The molecule has 1 aliphatic rings. The molecule has 0 spiro atoms. The predicted octanol–water partition coefficient (Wildman–Crippen LogP) is 12.5. The highest BCUT2D eigenvalue weighted by Crippen LogP contribution is 2.50. The van der Waals surface area contributed by atoms with Gasteiger partial charge in [0, 0.05) is 10.9 Å². The Labute approximate surface area is 267 Å². The zero-order chi connectivity index (χ0) is 33.8. The minimum atomic E-state index is -0.405. The third-order valence-corrected chi connectivity index (χ3v) is 9.28. The standard InChI is InChI=1S/C44H26O/c1-3-8-27(9-4-1)31-18-23-40-38(25-31)39-26-33(24-32-12-7-13-41(45-40)42(32)39)35-20-15-30-16-21-36-34(28-10-5-2-6-11-28)19-14-29-17-22-37(35)44(30)43(29)36/h1-26H/i1D,3D,4D,8D,9D. The van der Waals surface area contributed by atoms with E-state index in [9.17, 15) is 0 Å². The first-order chi connectivity index (χ1) is 24.4. The van der Waals surface area contributed by atoms with Crippen LogP contribution in [0.5, 0.6) is 11.5 Å². The molecule has 10 rings (SSSR count). The molecule has 1 nitrogen and oxygen atoms in total. The van der Waals surface area contributed by atoms with Crippen molar-refractivity contribution in [3.05, 3.63) is 158 Å². The van der Waals surface area contributed by atoms with E-state index in [4.69, 9.17) is 11.6 Å². The highest BCUT2D eigenvalue weighted by molar-refractivity contribution is 6.27. The number of hydrogen-bond acceptors (Lipinski definition) is 1. The Hall–Kier alpha value is -5.92. The lowest BCUT2D eigenvalue weighted by Gasteiger charge is -2.23. The molecule has 1 aliphatic heterocycles. The first kappa shape index (κ1) is 20.1. The third-order valence-electron chi connectivity index (χ3n) is 9.28. The van der Waals surface area contributed by atoms with Gasteiger partial charge in [-0.1, -0.05) is 127 Å². The van der Waals surface area contributed by atoms with Crippen LogP contribution in [0.3, 0.4) is 0 Å². The molecule has 0 fully saturated rings. The van der Waals surface area contributed by atoms with Crippen LogP contribution in [0.4, 0.5) is 0 Å². The largest absolute Gasteiger partial charge is 0.456 e. The van der Waals surface area contributed by atoms with Crippen molar-refractivity contribution in [2.24, 2.45) is 0 Å². The third kappa shape index (κ3) is 3.62. The van der Waals surface area contributed by atoms with Gasteiger partial charge in [-0.15, -0.1) is 0 Å². The minimum Gasteiger partial charge on any atom is -0.456 e. The molecule has 45 heavy (non-hydrogen) atoms. The summed E-state index contributed by atoms with van der Waals surface area (Å²) in [6.07, 6.45) is 0. The second-order valence-corrected chi connectivity index (χ2v) is 11.7. The average Bonchev–Trinajstić information content (AvgIpc) is 3.15. The first-order valence-corrected chi connectivity index (χ1v) is 15.1. The van der Waals surface area contributed by atoms with Crippen molar-refractivity contribution in [3.8, 4) is 56.0 Å². The molecule has 0 unspecified atom stereocenters. The fourth-order valence-corrected chi connectivity index (χ4v) is 7.27. The zero-order valence-electron chi connectivity index (χ0n) is 29.0. The molecule has 0 saturated heterocycles. The van der Waals surface area contributed by atoms with E-state index in [1.807, 2.05) is 30.3 Å². The number of benzene rings is 9. The second kappa shape index (κ2) is 9.29. The minimum absolute atomic E-state index is 0.173. The molecule has 0 bridgehead atoms. The molecule has 9 aromatic rings. The SMILES string of the molecule is [2H]c1c([2H])c([2H])c(-c2ccc3c(c2)-c2cc(-c4ccc5ccc6c(-c7ccccc7)ccc7ccc4c5c76)cc4cccc(c24)O3)c([2H])c1[2H]. The Kier molecular flexibility index (Phi) is 4.15. The van der Waals surface area contributed by atoms with Crippen LogP contribution in [0, 0.1) is 0 Å².